The molecule has 34 heavy (non-hydrogen) atoms. The van der Waals surface area contributed by atoms with Crippen molar-refractivity contribution in [3.05, 3.63) is 59.3 Å². The van der Waals surface area contributed by atoms with Crippen LogP contribution in [0, 0.1) is 0 Å². The number of hydrogen-bond donors (Lipinski definition) is 2. The van der Waals surface area contributed by atoms with Crippen molar-refractivity contribution in [2.24, 2.45) is 0 Å². The summed E-state index contributed by atoms with van der Waals surface area (Å²) in [5.74, 6) is -0.287. The standard InChI is InChI=1S/C26H32N4O4/c1-26(2,3)18-9-10-19-17(14-18)8-11-22(19)29-25(32)28-21-6-5-7-23-20(21)15-27-30(23)24(31)16-34-13-12-33-4/h5-7,9-10,14-15,22H,8,11-13,16H2,1-4H3,(H2,28,29,32)/t22-/m1/s1. The Morgan fingerprint density at radius 1 is 1.18 bits per heavy atom. The fourth-order valence-electron chi connectivity index (χ4n) is 4.27. The number of carbonyl (C=O) groups excluding carboxylic acids is 2. The van der Waals surface area contributed by atoms with Crippen LogP contribution in [-0.2, 0) is 21.3 Å². The van der Waals surface area contributed by atoms with Gasteiger partial charge in [-0.15, -0.1) is 0 Å². The van der Waals surface area contributed by atoms with Crippen molar-refractivity contribution in [2.45, 2.75) is 45.1 Å². The molecule has 8 nitrogen and oxygen atoms in total. The van der Waals surface area contributed by atoms with Gasteiger partial charge in [-0.05, 0) is 47.1 Å². The Bertz CT molecular complexity index is 1200. The minimum atomic E-state index is -0.287. The van der Waals surface area contributed by atoms with E-state index in [-0.39, 0.29) is 30.0 Å². The third-order valence-corrected chi connectivity index (χ3v) is 6.15. The number of hydrogen-bond acceptors (Lipinski definition) is 5. The molecule has 0 unspecified atom stereocenters. The normalized spacial score (nSPS) is 15.4. The van der Waals surface area contributed by atoms with Gasteiger partial charge in [-0.2, -0.15) is 9.78 Å². The van der Waals surface area contributed by atoms with Crippen molar-refractivity contribution in [1.29, 1.82) is 0 Å². The number of benzene rings is 2. The monoisotopic (exact) mass is 464 g/mol. The molecule has 0 spiro atoms. The SMILES string of the molecule is COCCOCC(=O)n1ncc2c(NC(=O)N[C@@H]3CCc4cc(C(C)(C)C)ccc43)cccc21. The number of urea groups is 1. The lowest BCUT2D eigenvalue weighted by Crippen LogP contribution is -2.31. The third kappa shape index (κ3) is 5.13. The van der Waals surface area contributed by atoms with E-state index in [2.05, 4.69) is 54.7 Å². The first-order chi connectivity index (χ1) is 16.3. The Kier molecular flexibility index (Phi) is 7.00. The Morgan fingerprint density at radius 3 is 2.76 bits per heavy atom. The lowest BCUT2D eigenvalue weighted by atomic mass is 9.85. The average Bonchev–Trinajstić information content (AvgIpc) is 3.41. The maximum atomic E-state index is 12.8. The summed E-state index contributed by atoms with van der Waals surface area (Å²) in [6.07, 6.45) is 3.40. The summed E-state index contributed by atoms with van der Waals surface area (Å²) in [6, 6.07) is 11.6. The summed E-state index contributed by atoms with van der Waals surface area (Å²) < 4.78 is 11.5. The molecule has 180 valence electrons. The predicted molar refractivity (Wildman–Crippen MR) is 131 cm³/mol. The smallest absolute Gasteiger partial charge is 0.319 e. The van der Waals surface area contributed by atoms with Crippen LogP contribution in [0.25, 0.3) is 10.9 Å². The van der Waals surface area contributed by atoms with Crippen molar-refractivity contribution in [3.63, 3.8) is 0 Å². The van der Waals surface area contributed by atoms with Crippen LogP contribution in [0.2, 0.25) is 0 Å². The van der Waals surface area contributed by atoms with E-state index in [1.165, 1.54) is 21.4 Å². The Morgan fingerprint density at radius 2 is 2.00 bits per heavy atom. The topological polar surface area (TPSA) is 94.5 Å². The van der Waals surface area contributed by atoms with Gasteiger partial charge in [0.15, 0.2) is 0 Å². The maximum Gasteiger partial charge on any atom is 0.319 e. The van der Waals surface area contributed by atoms with Gasteiger partial charge in [-0.3, -0.25) is 4.79 Å². The third-order valence-electron chi connectivity index (χ3n) is 6.15. The Balaban J connectivity index is 1.43. The first kappa shape index (κ1) is 23.9. The second-order valence-corrected chi connectivity index (χ2v) is 9.59. The van der Waals surface area contributed by atoms with E-state index in [1.54, 1.807) is 31.5 Å². The highest BCUT2D eigenvalue weighted by atomic mass is 16.5. The first-order valence-corrected chi connectivity index (χ1v) is 11.6. The average molecular weight is 465 g/mol. The molecule has 2 N–H and O–H groups in total. The molecule has 1 heterocycles. The van der Waals surface area contributed by atoms with E-state index in [0.717, 1.165) is 12.8 Å². The summed E-state index contributed by atoms with van der Waals surface area (Å²) in [5, 5.41) is 10.9. The molecule has 1 aromatic heterocycles. The highest BCUT2D eigenvalue weighted by molar-refractivity contribution is 6.03. The van der Waals surface area contributed by atoms with E-state index in [4.69, 9.17) is 9.47 Å². The number of nitrogens with one attached hydrogen (secondary N) is 2. The Labute approximate surface area is 199 Å². The molecule has 2 amide bonds. The summed E-state index contributed by atoms with van der Waals surface area (Å²) in [4.78, 5) is 25.3. The van der Waals surface area contributed by atoms with E-state index in [0.29, 0.717) is 29.8 Å². The number of fused-ring (bicyclic) bond motifs is 2. The largest absolute Gasteiger partial charge is 0.382 e. The van der Waals surface area contributed by atoms with Gasteiger partial charge in [-0.1, -0.05) is 45.0 Å². The second kappa shape index (κ2) is 9.95. The molecule has 0 saturated heterocycles. The Hall–Kier alpha value is -3.23. The van der Waals surface area contributed by atoms with Crippen LogP contribution in [0.15, 0.2) is 42.6 Å². The number of ether oxygens (including phenoxy) is 2. The van der Waals surface area contributed by atoms with Crippen molar-refractivity contribution < 1.29 is 19.1 Å². The molecule has 0 saturated carbocycles. The summed E-state index contributed by atoms with van der Waals surface area (Å²) in [5.41, 5.74) is 5.08. The summed E-state index contributed by atoms with van der Waals surface area (Å²) in [7, 11) is 1.57. The second-order valence-electron chi connectivity index (χ2n) is 9.59. The van der Waals surface area contributed by atoms with Crippen molar-refractivity contribution in [2.75, 3.05) is 32.2 Å². The molecule has 0 radical (unpaired) electrons. The van der Waals surface area contributed by atoms with Crippen molar-refractivity contribution in [1.82, 2.24) is 15.1 Å². The zero-order valence-electron chi connectivity index (χ0n) is 20.2. The van der Waals surface area contributed by atoms with Crippen molar-refractivity contribution >= 4 is 28.5 Å². The fourth-order valence-corrected chi connectivity index (χ4v) is 4.27. The lowest BCUT2D eigenvalue weighted by molar-refractivity contribution is 0.0508. The van der Waals surface area contributed by atoms with Gasteiger partial charge < -0.3 is 20.1 Å². The number of rotatable bonds is 7. The molecule has 0 fully saturated rings. The highest BCUT2D eigenvalue weighted by Crippen LogP contribution is 2.34. The maximum absolute atomic E-state index is 12.8. The molecule has 4 rings (SSSR count). The van der Waals surface area contributed by atoms with Crippen LogP contribution in [0.4, 0.5) is 10.5 Å². The molecular weight excluding hydrogens is 432 g/mol. The molecule has 0 bridgehead atoms. The zero-order valence-corrected chi connectivity index (χ0v) is 20.2. The van der Waals surface area contributed by atoms with Gasteiger partial charge in [0.25, 0.3) is 5.91 Å². The van der Waals surface area contributed by atoms with Gasteiger partial charge >= 0.3 is 6.03 Å². The molecule has 0 aliphatic heterocycles. The molecule has 8 heteroatoms. The van der Waals surface area contributed by atoms with Gasteiger partial charge in [0.2, 0.25) is 0 Å². The molecule has 3 aromatic rings. The number of anilines is 1. The number of nitrogens with zero attached hydrogens (tertiary/aromatic N) is 2. The van der Waals surface area contributed by atoms with Crippen molar-refractivity contribution in [3.8, 4) is 0 Å². The minimum Gasteiger partial charge on any atom is -0.382 e. The molecular formula is C26H32N4O4. The van der Waals surface area contributed by atoms with E-state index in [9.17, 15) is 9.59 Å². The highest BCUT2D eigenvalue weighted by Gasteiger charge is 2.26. The molecule has 1 aliphatic rings. The number of methoxy groups -OCH3 is 1. The molecule has 1 aliphatic carbocycles. The molecule has 1 atom stereocenters. The van der Waals surface area contributed by atoms with Crippen LogP contribution < -0.4 is 10.6 Å². The van der Waals surface area contributed by atoms with E-state index >= 15 is 0 Å². The van der Waals surface area contributed by atoms with E-state index in [1.807, 2.05) is 0 Å². The summed E-state index contributed by atoms with van der Waals surface area (Å²) >= 11 is 0. The quantitative estimate of drug-likeness (QED) is 0.504. The fraction of sp³-hybridized carbons (Fsp3) is 0.423. The van der Waals surface area contributed by atoms with Gasteiger partial charge in [0.1, 0.15) is 6.61 Å². The number of aryl methyl sites for hydroxylation is 1. The lowest BCUT2D eigenvalue weighted by Gasteiger charge is -2.21. The zero-order chi connectivity index (χ0) is 24.3. The number of amides is 2. The first-order valence-electron chi connectivity index (χ1n) is 11.6. The predicted octanol–water partition coefficient (Wildman–Crippen LogP) is 4.45. The number of carbonyl (C=O) groups is 2. The number of aromatic nitrogens is 2. The van der Waals surface area contributed by atoms with Crippen LogP contribution in [0.5, 0.6) is 0 Å². The minimum absolute atomic E-state index is 0.0308. The van der Waals surface area contributed by atoms with Crippen LogP contribution >= 0.6 is 0 Å². The summed E-state index contributed by atoms with van der Waals surface area (Å²) in [6.45, 7) is 7.26. The van der Waals surface area contributed by atoms with Crippen LogP contribution in [0.1, 0.15) is 54.7 Å². The van der Waals surface area contributed by atoms with Crippen LogP contribution in [-0.4, -0.2) is 48.6 Å². The van der Waals surface area contributed by atoms with Crippen LogP contribution in [0.3, 0.4) is 0 Å². The van der Waals surface area contributed by atoms with Gasteiger partial charge in [-0.25, -0.2) is 4.79 Å². The van der Waals surface area contributed by atoms with Gasteiger partial charge in [0.05, 0.1) is 36.7 Å². The van der Waals surface area contributed by atoms with Gasteiger partial charge in [0, 0.05) is 12.5 Å². The van der Waals surface area contributed by atoms with E-state index < -0.39 is 0 Å². The molecule has 2 aromatic carbocycles.